The third kappa shape index (κ3) is 3.68. The highest BCUT2D eigenvalue weighted by Crippen LogP contribution is 2.36. The Bertz CT molecular complexity index is 966. The summed E-state index contributed by atoms with van der Waals surface area (Å²) in [6.07, 6.45) is 2.42. The lowest BCUT2D eigenvalue weighted by molar-refractivity contribution is 0.0189. The van der Waals surface area contributed by atoms with Gasteiger partial charge in [-0.25, -0.2) is 0 Å². The molecule has 0 radical (unpaired) electrons. The van der Waals surface area contributed by atoms with Crippen molar-refractivity contribution in [3.8, 4) is 16.9 Å². The summed E-state index contributed by atoms with van der Waals surface area (Å²) in [7, 11) is 1.64. The molecule has 1 amide bonds. The van der Waals surface area contributed by atoms with Crippen LogP contribution in [0.15, 0.2) is 59.3 Å². The van der Waals surface area contributed by atoms with Gasteiger partial charge in [-0.05, 0) is 82.6 Å². The lowest BCUT2D eigenvalue weighted by atomic mass is 9.79. The van der Waals surface area contributed by atoms with Gasteiger partial charge in [-0.15, -0.1) is 0 Å². The van der Waals surface area contributed by atoms with Crippen molar-refractivity contribution in [2.24, 2.45) is 0 Å². The van der Waals surface area contributed by atoms with Crippen molar-refractivity contribution in [2.75, 3.05) is 13.7 Å². The van der Waals surface area contributed by atoms with Gasteiger partial charge in [0.1, 0.15) is 11.4 Å². The molecule has 1 aromatic heterocycles. The zero-order valence-electron chi connectivity index (χ0n) is 15.8. The topological polar surface area (TPSA) is 58.6 Å². The van der Waals surface area contributed by atoms with Gasteiger partial charge in [-0.2, -0.15) is 11.3 Å². The Hall–Kier alpha value is -2.63. The first-order chi connectivity index (χ1) is 13.6. The first kappa shape index (κ1) is 18.7. The van der Waals surface area contributed by atoms with Crippen molar-refractivity contribution < 1.29 is 14.6 Å². The van der Waals surface area contributed by atoms with E-state index >= 15 is 0 Å². The van der Waals surface area contributed by atoms with Gasteiger partial charge in [-0.1, -0.05) is 18.2 Å². The van der Waals surface area contributed by atoms with Gasteiger partial charge in [0, 0.05) is 5.56 Å². The second-order valence-electron chi connectivity index (χ2n) is 7.18. The molecule has 0 fully saturated rings. The number of fused-ring (bicyclic) bond motifs is 1. The Labute approximate surface area is 168 Å². The maximum Gasteiger partial charge on any atom is 0.251 e. The predicted molar refractivity (Wildman–Crippen MR) is 112 cm³/mol. The standard InChI is InChI=1S/C23H23NO3S/c1-27-20-8-9-21-18(13-20)3-2-11-23(21,26)15-24-22(25)17-6-4-16(5-7-17)19-10-12-28-14-19/h4-10,12-14,26H,2-3,11,15H2,1H3,(H,24,25). The molecule has 5 heteroatoms. The van der Waals surface area contributed by atoms with Gasteiger partial charge < -0.3 is 15.2 Å². The number of nitrogens with one attached hydrogen (secondary N) is 1. The number of thiophene rings is 1. The number of benzene rings is 2. The van der Waals surface area contributed by atoms with Crippen LogP contribution in [0.4, 0.5) is 0 Å². The molecule has 4 rings (SSSR count). The van der Waals surface area contributed by atoms with E-state index in [-0.39, 0.29) is 12.5 Å². The molecular formula is C23H23NO3S. The molecule has 2 aromatic carbocycles. The van der Waals surface area contributed by atoms with E-state index in [1.165, 1.54) is 0 Å². The zero-order chi connectivity index (χ0) is 19.6. The van der Waals surface area contributed by atoms with Gasteiger partial charge in [0.05, 0.1) is 13.7 Å². The number of carbonyl (C=O) groups excluding carboxylic acids is 1. The van der Waals surface area contributed by atoms with Crippen molar-refractivity contribution in [3.63, 3.8) is 0 Å². The molecule has 144 valence electrons. The third-order valence-corrected chi connectivity index (χ3v) is 6.08. The highest BCUT2D eigenvalue weighted by atomic mass is 32.1. The molecule has 1 atom stereocenters. The van der Waals surface area contributed by atoms with Crippen LogP contribution in [0.3, 0.4) is 0 Å². The number of hydrogen-bond donors (Lipinski definition) is 2. The third-order valence-electron chi connectivity index (χ3n) is 5.39. The molecule has 1 aliphatic rings. The summed E-state index contributed by atoms with van der Waals surface area (Å²) in [6.45, 7) is 0.192. The van der Waals surface area contributed by atoms with Crippen molar-refractivity contribution >= 4 is 17.2 Å². The van der Waals surface area contributed by atoms with Crippen LogP contribution in [0.25, 0.3) is 11.1 Å². The summed E-state index contributed by atoms with van der Waals surface area (Å²) in [5.41, 5.74) is 3.75. The minimum Gasteiger partial charge on any atom is -0.497 e. The van der Waals surface area contributed by atoms with E-state index in [0.717, 1.165) is 40.8 Å². The minimum atomic E-state index is -1.05. The number of methoxy groups -OCH3 is 1. The second kappa shape index (κ2) is 7.78. The number of ether oxygens (including phenoxy) is 1. The predicted octanol–water partition coefficient (Wildman–Crippen LogP) is 4.38. The zero-order valence-corrected chi connectivity index (χ0v) is 16.6. The quantitative estimate of drug-likeness (QED) is 0.676. The first-order valence-electron chi connectivity index (χ1n) is 9.40. The SMILES string of the molecule is COc1ccc2c(c1)CCCC2(O)CNC(=O)c1ccc(-c2ccsc2)cc1. The second-order valence-corrected chi connectivity index (χ2v) is 7.96. The summed E-state index contributed by atoms with van der Waals surface area (Å²) in [6, 6.07) is 15.4. The summed E-state index contributed by atoms with van der Waals surface area (Å²) < 4.78 is 5.29. The number of carbonyl (C=O) groups is 1. The molecule has 1 aliphatic carbocycles. The molecule has 3 aromatic rings. The molecule has 0 spiro atoms. The van der Waals surface area contributed by atoms with Crippen molar-refractivity contribution in [3.05, 3.63) is 76.0 Å². The molecule has 2 N–H and O–H groups in total. The fourth-order valence-corrected chi connectivity index (χ4v) is 4.48. The maximum atomic E-state index is 12.6. The fraction of sp³-hybridized carbons (Fsp3) is 0.261. The Kier molecular flexibility index (Phi) is 5.20. The van der Waals surface area contributed by atoms with E-state index in [2.05, 4.69) is 16.8 Å². The van der Waals surface area contributed by atoms with Crippen LogP contribution in [0.2, 0.25) is 0 Å². The van der Waals surface area contributed by atoms with Gasteiger partial charge in [0.2, 0.25) is 0 Å². The molecule has 1 heterocycles. The highest BCUT2D eigenvalue weighted by molar-refractivity contribution is 7.08. The van der Waals surface area contributed by atoms with E-state index < -0.39 is 5.60 Å². The van der Waals surface area contributed by atoms with E-state index in [1.54, 1.807) is 18.4 Å². The van der Waals surface area contributed by atoms with E-state index in [0.29, 0.717) is 12.0 Å². The van der Waals surface area contributed by atoms with Gasteiger partial charge in [0.25, 0.3) is 5.91 Å². The Morgan fingerprint density at radius 3 is 2.71 bits per heavy atom. The van der Waals surface area contributed by atoms with Crippen LogP contribution in [0.1, 0.15) is 34.3 Å². The largest absolute Gasteiger partial charge is 0.497 e. The summed E-state index contributed by atoms with van der Waals surface area (Å²) in [5, 5.41) is 18.2. The monoisotopic (exact) mass is 393 g/mol. The number of aryl methyl sites for hydroxylation is 1. The Morgan fingerprint density at radius 1 is 1.18 bits per heavy atom. The smallest absolute Gasteiger partial charge is 0.251 e. The molecular weight excluding hydrogens is 370 g/mol. The average molecular weight is 394 g/mol. The summed E-state index contributed by atoms with van der Waals surface area (Å²) >= 11 is 1.65. The van der Waals surface area contributed by atoms with Crippen molar-refractivity contribution in [1.82, 2.24) is 5.32 Å². The van der Waals surface area contributed by atoms with Gasteiger partial charge in [-0.3, -0.25) is 4.79 Å². The average Bonchev–Trinajstić information content (AvgIpc) is 3.27. The van der Waals surface area contributed by atoms with E-state index in [1.807, 2.05) is 47.8 Å². The van der Waals surface area contributed by atoms with Crippen molar-refractivity contribution in [1.29, 1.82) is 0 Å². The minimum absolute atomic E-state index is 0.175. The highest BCUT2D eigenvalue weighted by Gasteiger charge is 2.34. The number of aliphatic hydroxyl groups is 1. The first-order valence-corrected chi connectivity index (χ1v) is 10.3. The Balaban J connectivity index is 1.46. The van der Waals surface area contributed by atoms with Crippen LogP contribution >= 0.6 is 11.3 Å². The lowest BCUT2D eigenvalue weighted by Gasteiger charge is -2.35. The summed E-state index contributed by atoms with van der Waals surface area (Å²) in [4.78, 5) is 12.6. The molecule has 4 nitrogen and oxygen atoms in total. The van der Waals surface area contributed by atoms with Crippen LogP contribution in [0, 0.1) is 0 Å². The fourth-order valence-electron chi connectivity index (χ4n) is 3.82. The molecule has 1 unspecified atom stereocenters. The normalized spacial score (nSPS) is 18.4. The number of amides is 1. The van der Waals surface area contributed by atoms with E-state index in [4.69, 9.17) is 4.74 Å². The van der Waals surface area contributed by atoms with Crippen LogP contribution in [0.5, 0.6) is 5.75 Å². The maximum absolute atomic E-state index is 12.6. The van der Waals surface area contributed by atoms with E-state index in [9.17, 15) is 9.90 Å². The molecule has 0 aliphatic heterocycles. The number of hydrogen-bond acceptors (Lipinski definition) is 4. The molecule has 0 saturated heterocycles. The van der Waals surface area contributed by atoms with Crippen LogP contribution in [-0.2, 0) is 12.0 Å². The summed E-state index contributed by atoms with van der Waals surface area (Å²) in [5.74, 6) is 0.615. The molecule has 28 heavy (non-hydrogen) atoms. The van der Waals surface area contributed by atoms with Gasteiger partial charge >= 0.3 is 0 Å². The number of rotatable bonds is 5. The van der Waals surface area contributed by atoms with Crippen molar-refractivity contribution in [2.45, 2.75) is 24.9 Å². The lowest BCUT2D eigenvalue weighted by Crippen LogP contribution is -2.43. The van der Waals surface area contributed by atoms with Crippen LogP contribution in [-0.4, -0.2) is 24.7 Å². The van der Waals surface area contributed by atoms with Gasteiger partial charge in [0.15, 0.2) is 0 Å². The molecule has 0 bridgehead atoms. The van der Waals surface area contributed by atoms with Crippen LogP contribution < -0.4 is 10.1 Å². The Morgan fingerprint density at radius 2 is 2.00 bits per heavy atom. The molecule has 0 saturated carbocycles.